The molecule has 1 atom stereocenters. The van der Waals surface area contributed by atoms with Crippen LogP contribution < -0.4 is 10.1 Å². The van der Waals surface area contributed by atoms with E-state index in [2.05, 4.69) is 26.1 Å². The third kappa shape index (κ3) is 5.42. The molecule has 0 aliphatic rings. The second-order valence-electron chi connectivity index (χ2n) is 4.89. The van der Waals surface area contributed by atoms with Gasteiger partial charge in [0.1, 0.15) is 11.9 Å². The van der Waals surface area contributed by atoms with Crippen LogP contribution >= 0.6 is 11.6 Å². The molecule has 0 saturated carbocycles. The molecule has 1 aromatic carbocycles. The van der Waals surface area contributed by atoms with Crippen LogP contribution in [0.1, 0.15) is 26.3 Å². The van der Waals surface area contributed by atoms with Crippen molar-refractivity contribution in [2.24, 2.45) is 5.92 Å². The Hall–Kier alpha value is -0.730. The fourth-order valence-electron chi connectivity index (χ4n) is 1.58. The van der Waals surface area contributed by atoms with Gasteiger partial charge in [0.15, 0.2) is 0 Å². The minimum atomic E-state index is 0.161. The number of nitrogens with one attached hydrogen (secondary N) is 1. The molecule has 0 heterocycles. The highest BCUT2D eigenvalue weighted by molar-refractivity contribution is 6.30. The van der Waals surface area contributed by atoms with Crippen LogP contribution in [0.15, 0.2) is 18.2 Å². The molecule has 0 bridgehead atoms. The zero-order valence-electron chi connectivity index (χ0n) is 11.1. The standard InChI is InChI=1S/C14H22ClNO/c1-10(2)8-16-9-12(4)17-14-6-5-13(15)7-11(14)3/h5-7,10,12,16H,8-9H2,1-4H3. The van der Waals surface area contributed by atoms with Crippen LogP contribution in [0.4, 0.5) is 0 Å². The van der Waals surface area contributed by atoms with E-state index in [9.17, 15) is 0 Å². The molecule has 0 radical (unpaired) electrons. The lowest BCUT2D eigenvalue weighted by Crippen LogP contribution is -2.31. The number of hydrogen-bond acceptors (Lipinski definition) is 2. The molecule has 1 rings (SSSR count). The summed E-state index contributed by atoms with van der Waals surface area (Å²) in [5.41, 5.74) is 1.08. The summed E-state index contributed by atoms with van der Waals surface area (Å²) in [7, 11) is 0. The molecule has 1 unspecified atom stereocenters. The zero-order valence-corrected chi connectivity index (χ0v) is 11.8. The van der Waals surface area contributed by atoms with Crippen LogP contribution in [0, 0.1) is 12.8 Å². The number of benzene rings is 1. The fourth-order valence-corrected chi connectivity index (χ4v) is 1.81. The molecular weight excluding hydrogens is 234 g/mol. The van der Waals surface area contributed by atoms with Crippen molar-refractivity contribution in [3.8, 4) is 5.75 Å². The minimum Gasteiger partial charge on any atom is -0.489 e. The van der Waals surface area contributed by atoms with Gasteiger partial charge in [-0.1, -0.05) is 25.4 Å². The normalized spacial score (nSPS) is 12.8. The maximum Gasteiger partial charge on any atom is 0.122 e. The monoisotopic (exact) mass is 255 g/mol. The van der Waals surface area contributed by atoms with Crippen molar-refractivity contribution in [1.29, 1.82) is 0 Å². The molecule has 0 spiro atoms. The Balaban J connectivity index is 2.42. The van der Waals surface area contributed by atoms with Crippen molar-refractivity contribution in [3.63, 3.8) is 0 Å². The molecule has 2 nitrogen and oxygen atoms in total. The van der Waals surface area contributed by atoms with Gasteiger partial charge in [0.2, 0.25) is 0 Å². The van der Waals surface area contributed by atoms with E-state index < -0.39 is 0 Å². The lowest BCUT2D eigenvalue weighted by atomic mass is 10.2. The van der Waals surface area contributed by atoms with E-state index in [0.29, 0.717) is 5.92 Å². The van der Waals surface area contributed by atoms with Gasteiger partial charge in [-0.25, -0.2) is 0 Å². The Morgan fingerprint density at radius 2 is 1.94 bits per heavy atom. The minimum absolute atomic E-state index is 0.161. The third-order valence-electron chi connectivity index (χ3n) is 2.45. The predicted octanol–water partition coefficient (Wildman–Crippen LogP) is 3.66. The lowest BCUT2D eigenvalue weighted by Gasteiger charge is -2.17. The van der Waals surface area contributed by atoms with Crippen LogP contribution in [0.3, 0.4) is 0 Å². The average molecular weight is 256 g/mol. The molecule has 1 aromatic rings. The van der Waals surface area contributed by atoms with Gasteiger partial charge < -0.3 is 10.1 Å². The number of ether oxygens (including phenoxy) is 1. The smallest absolute Gasteiger partial charge is 0.122 e. The van der Waals surface area contributed by atoms with E-state index in [0.717, 1.165) is 29.4 Å². The highest BCUT2D eigenvalue weighted by Crippen LogP contribution is 2.22. The van der Waals surface area contributed by atoms with Crippen LogP contribution in [0.25, 0.3) is 0 Å². The van der Waals surface area contributed by atoms with E-state index in [1.807, 2.05) is 25.1 Å². The second kappa shape index (κ2) is 6.87. The van der Waals surface area contributed by atoms with Gasteiger partial charge in [0, 0.05) is 11.6 Å². The van der Waals surface area contributed by atoms with Gasteiger partial charge in [-0.05, 0) is 50.1 Å². The number of aryl methyl sites for hydroxylation is 1. The van der Waals surface area contributed by atoms with E-state index >= 15 is 0 Å². The maximum absolute atomic E-state index is 5.90. The van der Waals surface area contributed by atoms with Crippen LogP contribution in [0.5, 0.6) is 5.75 Å². The van der Waals surface area contributed by atoms with Crippen molar-refractivity contribution in [1.82, 2.24) is 5.32 Å². The van der Waals surface area contributed by atoms with Crippen LogP contribution in [-0.4, -0.2) is 19.2 Å². The summed E-state index contributed by atoms with van der Waals surface area (Å²) in [4.78, 5) is 0. The second-order valence-corrected chi connectivity index (χ2v) is 5.33. The predicted molar refractivity (Wildman–Crippen MR) is 74.0 cm³/mol. The first-order valence-corrected chi connectivity index (χ1v) is 6.50. The number of rotatable bonds is 6. The van der Waals surface area contributed by atoms with Gasteiger partial charge in [-0.3, -0.25) is 0 Å². The number of halogens is 1. The summed E-state index contributed by atoms with van der Waals surface area (Å²) < 4.78 is 5.86. The lowest BCUT2D eigenvalue weighted by molar-refractivity contribution is 0.214. The molecule has 96 valence electrons. The van der Waals surface area contributed by atoms with E-state index in [4.69, 9.17) is 16.3 Å². The van der Waals surface area contributed by atoms with Crippen molar-refractivity contribution in [3.05, 3.63) is 28.8 Å². The summed E-state index contributed by atoms with van der Waals surface area (Å²) in [5, 5.41) is 4.14. The van der Waals surface area contributed by atoms with Crippen molar-refractivity contribution in [2.45, 2.75) is 33.8 Å². The van der Waals surface area contributed by atoms with Gasteiger partial charge >= 0.3 is 0 Å². The molecule has 0 amide bonds. The first-order chi connectivity index (χ1) is 7.99. The maximum atomic E-state index is 5.90. The Morgan fingerprint density at radius 3 is 2.53 bits per heavy atom. The topological polar surface area (TPSA) is 21.3 Å². The molecule has 0 aliphatic heterocycles. The molecule has 0 fully saturated rings. The third-order valence-corrected chi connectivity index (χ3v) is 2.68. The Labute approximate surface area is 109 Å². The largest absolute Gasteiger partial charge is 0.489 e. The SMILES string of the molecule is Cc1cc(Cl)ccc1OC(C)CNCC(C)C. The van der Waals surface area contributed by atoms with E-state index in [1.165, 1.54) is 0 Å². The average Bonchev–Trinajstić information content (AvgIpc) is 2.21. The molecule has 3 heteroatoms. The Kier molecular flexibility index (Phi) is 5.79. The number of hydrogen-bond donors (Lipinski definition) is 1. The fraction of sp³-hybridized carbons (Fsp3) is 0.571. The Bertz CT molecular complexity index is 352. The molecule has 17 heavy (non-hydrogen) atoms. The van der Waals surface area contributed by atoms with E-state index in [1.54, 1.807) is 0 Å². The zero-order chi connectivity index (χ0) is 12.8. The summed E-state index contributed by atoms with van der Waals surface area (Å²) in [5.74, 6) is 1.58. The first-order valence-electron chi connectivity index (χ1n) is 6.12. The van der Waals surface area contributed by atoms with Crippen molar-refractivity contribution in [2.75, 3.05) is 13.1 Å². The Morgan fingerprint density at radius 1 is 1.24 bits per heavy atom. The molecule has 0 aliphatic carbocycles. The van der Waals surface area contributed by atoms with Crippen molar-refractivity contribution >= 4 is 11.6 Å². The molecular formula is C14H22ClNO. The van der Waals surface area contributed by atoms with Gasteiger partial charge in [-0.15, -0.1) is 0 Å². The quantitative estimate of drug-likeness (QED) is 0.838. The van der Waals surface area contributed by atoms with Crippen LogP contribution in [0.2, 0.25) is 5.02 Å². The van der Waals surface area contributed by atoms with Gasteiger partial charge in [0.25, 0.3) is 0 Å². The summed E-state index contributed by atoms with van der Waals surface area (Å²) in [6, 6.07) is 5.71. The highest BCUT2D eigenvalue weighted by Gasteiger charge is 2.06. The van der Waals surface area contributed by atoms with Gasteiger partial charge in [0.05, 0.1) is 0 Å². The summed E-state index contributed by atoms with van der Waals surface area (Å²) in [6.07, 6.45) is 0.161. The summed E-state index contributed by atoms with van der Waals surface area (Å²) in [6.45, 7) is 10.4. The summed E-state index contributed by atoms with van der Waals surface area (Å²) >= 11 is 5.90. The van der Waals surface area contributed by atoms with Gasteiger partial charge in [-0.2, -0.15) is 0 Å². The molecule has 0 aromatic heterocycles. The highest BCUT2D eigenvalue weighted by atomic mass is 35.5. The van der Waals surface area contributed by atoms with Crippen LogP contribution in [-0.2, 0) is 0 Å². The van der Waals surface area contributed by atoms with E-state index in [-0.39, 0.29) is 6.10 Å². The van der Waals surface area contributed by atoms with Crippen molar-refractivity contribution < 1.29 is 4.74 Å². The molecule has 0 saturated heterocycles. The first kappa shape index (κ1) is 14.3. The molecule has 1 N–H and O–H groups in total.